The van der Waals surface area contributed by atoms with Gasteiger partial charge in [-0.25, -0.2) is 17.6 Å². The summed E-state index contributed by atoms with van der Waals surface area (Å²) >= 11 is 0. The number of benzene rings is 1. The summed E-state index contributed by atoms with van der Waals surface area (Å²) in [6, 6.07) is -0.291. The van der Waals surface area contributed by atoms with E-state index in [2.05, 4.69) is 4.74 Å². The fourth-order valence-electron chi connectivity index (χ4n) is 2.22. The number of nitrogens with zero attached hydrogens (tertiary/aromatic N) is 1. The van der Waals surface area contributed by atoms with E-state index in [1.54, 1.807) is 0 Å². The molecule has 0 N–H and O–H groups in total. The van der Waals surface area contributed by atoms with Crippen LogP contribution in [-0.2, 0) is 4.79 Å². The van der Waals surface area contributed by atoms with Crippen LogP contribution in [0.15, 0.2) is 11.0 Å². The summed E-state index contributed by atoms with van der Waals surface area (Å²) in [6.07, 6.45) is 2.19. The van der Waals surface area contributed by atoms with Gasteiger partial charge in [0.1, 0.15) is 0 Å². The zero-order chi connectivity index (χ0) is 15.3. The second kappa shape index (κ2) is 4.57. The quantitative estimate of drug-likeness (QED) is 0.378. The topological polar surface area (TPSA) is 48.3 Å². The maximum Gasteiger partial charge on any atom is 0.298 e. The zero-order valence-electron chi connectivity index (χ0n) is 10.3. The third-order valence-electron chi connectivity index (χ3n) is 3.32. The average molecular weight is 301 g/mol. The van der Waals surface area contributed by atoms with Gasteiger partial charge in [0.05, 0.1) is 17.1 Å². The van der Waals surface area contributed by atoms with E-state index in [-0.39, 0.29) is 12.5 Å². The van der Waals surface area contributed by atoms with E-state index < -0.39 is 45.4 Å². The molecule has 0 radical (unpaired) electrons. The van der Waals surface area contributed by atoms with E-state index in [0.717, 1.165) is 10.8 Å². The first kappa shape index (κ1) is 13.6. The van der Waals surface area contributed by atoms with Crippen molar-refractivity contribution in [2.75, 3.05) is 0 Å². The summed E-state index contributed by atoms with van der Waals surface area (Å²) in [6.45, 7) is -0.0616. The van der Waals surface area contributed by atoms with Crippen LogP contribution in [0.1, 0.15) is 18.9 Å². The van der Waals surface area contributed by atoms with E-state index in [1.165, 1.54) is 0 Å². The first-order chi connectivity index (χ1) is 9.97. The number of aromatic nitrogens is 1. The number of fused-ring (bicyclic) bond motifs is 1. The molecule has 0 aliphatic heterocycles. The second-order valence-electron chi connectivity index (χ2n) is 4.65. The number of hydrogen-bond acceptors (Lipinski definition) is 3. The van der Waals surface area contributed by atoms with Crippen LogP contribution < -0.4 is 10.2 Å². The molecule has 1 fully saturated rings. The molecule has 3 rings (SSSR count). The fourth-order valence-corrected chi connectivity index (χ4v) is 2.22. The molecule has 1 aliphatic carbocycles. The van der Waals surface area contributed by atoms with Crippen molar-refractivity contribution in [3.05, 3.63) is 39.7 Å². The van der Waals surface area contributed by atoms with Crippen molar-refractivity contribution in [1.29, 1.82) is 0 Å². The van der Waals surface area contributed by atoms with Gasteiger partial charge in [-0.15, -0.1) is 0 Å². The van der Waals surface area contributed by atoms with E-state index in [9.17, 15) is 27.2 Å². The number of ether oxygens (including phenoxy) is 1. The monoisotopic (exact) mass is 301 g/mol. The lowest BCUT2D eigenvalue weighted by Crippen LogP contribution is -2.17. The Morgan fingerprint density at radius 2 is 1.71 bits per heavy atom. The molecule has 110 valence electrons. The highest BCUT2D eigenvalue weighted by Gasteiger charge is 2.31. The van der Waals surface area contributed by atoms with Crippen LogP contribution in [0.3, 0.4) is 0 Å². The third-order valence-corrected chi connectivity index (χ3v) is 3.32. The van der Waals surface area contributed by atoms with Crippen LogP contribution in [0.4, 0.5) is 17.6 Å². The first-order valence-electron chi connectivity index (χ1n) is 5.98. The molecule has 21 heavy (non-hydrogen) atoms. The molecular formula is C13H7F4NO3. The number of hydrogen-bond donors (Lipinski definition) is 0. The van der Waals surface area contributed by atoms with Crippen LogP contribution in [0.5, 0.6) is 5.75 Å². The van der Waals surface area contributed by atoms with Crippen molar-refractivity contribution in [1.82, 2.24) is 4.57 Å². The Morgan fingerprint density at radius 3 is 2.29 bits per heavy atom. The van der Waals surface area contributed by atoms with Gasteiger partial charge in [0.15, 0.2) is 29.0 Å². The van der Waals surface area contributed by atoms with Crippen molar-refractivity contribution in [3.63, 3.8) is 0 Å². The van der Waals surface area contributed by atoms with Crippen LogP contribution in [-0.4, -0.2) is 11.0 Å². The summed E-state index contributed by atoms with van der Waals surface area (Å²) in [7, 11) is 0. The predicted molar refractivity (Wildman–Crippen MR) is 63.0 cm³/mol. The summed E-state index contributed by atoms with van der Waals surface area (Å²) in [5.41, 5.74) is -1.89. The Morgan fingerprint density at radius 1 is 1.10 bits per heavy atom. The minimum Gasteiger partial charge on any atom is -0.423 e. The van der Waals surface area contributed by atoms with Crippen LogP contribution in [0.25, 0.3) is 10.9 Å². The number of pyridine rings is 1. The summed E-state index contributed by atoms with van der Waals surface area (Å²) in [5.74, 6) is -8.10. The molecular weight excluding hydrogens is 294 g/mol. The van der Waals surface area contributed by atoms with Crippen molar-refractivity contribution in [2.45, 2.75) is 18.9 Å². The summed E-state index contributed by atoms with van der Waals surface area (Å²) < 4.78 is 60.0. The van der Waals surface area contributed by atoms with Crippen LogP contribution in [0.2, 0.25) is 0 Å². The lowest BCUT2D eigenvalue weighted by Gasteiger charge is -2.13. The molecule has 8 heteroatoms. The number of carbonyl (C=O) groups is 1. The highest BCUT2D eigenvalue weighted by Crippen LogP contribution is 2.39. The van der Waals surface area contributed by atoms with Gasteiger partial charge < -0.3 is 9.30 Å². The maximum atomic E-state index is 13.9. The lowest BCUT2D eigenvalue weighted by molar-refractivity contribution is -0.120. The van der Waals surface area contributed by atoms with E-state index >= 15 is 0 Å². The van der Waals surface area contributed by atoms with Crippen molar-refractivity contribution >= 4 is 17.4 Å². The molecule has 0 saturated heterocycles. The molecule has 1 aromatic carbocycles. The molecule has 4 nitrogen and oxygen atoms in total. The van der Waals surface area contributed by atoms with Crippen LogP contribution in [0, 0.1) is 23.3 Å². The van der Waals surface area contributed by atoms with Gasteiger partial charge in [-0.3, -0.25) is 9.59 Å². The largest absolute Gasteiger partial charge is 0.423 e. The van der Waals surface area contributed by atoms with Crippen molar-refractivity contribution in [2.24, 2.45) is 0 Å². The summed E-state index contributed by atoms with van der Waals surface area (Å²) in [5, 5.41) is -0.974. The van der Waals surface area contributed by atoms with Crippen LogP contribution >= 0.6 is 0 Å². The molecule has 1 aromatic heterocycles. The molecule has 1 aliphatic rings. The van der Waals surface area contributed by atoms with Gasteiger partial charge in [-0.1, -0.05) is 0 Å². The molecule has 1 saturated carbocycles. The number of halogens is 4. The minimum absolute atomic E-state index is 0.0616. The molecule has 0 amide bonds. The molecule has 2 aromatic rings. The third kappa shape index (κ3) is 1.90. The van der Waals surface area contributed by atoms with Gasteiger partial charge in [0.25, 0.3) is 6.47 Å². The molecule has 1 heterocycles. The Balaban J connectivity index is 2.52. The number of rotatable bonds is 3. The molecule has 0 atom stereocenters. The smallest absolute Gasteiger partial charge is 0.298 e. The van der Waals surface area contributed by atoms with Gasteiger partial charge in [0, 0.05) is 6.04 Å². The minimum atomic E-state index is -2.08. The maximum absolute atomic E-state index is 13.9. The van der Waals surface area contributed by atoms with Gasteiger partial charge in [-0.05, 0) is 12.8 Å². The van der Waals surface area contributed by atoms with Gasteiger partial charge in [0.2, 0.25) is 5.43 Å². The number of carbonyl (C=O) groups excluding carboxylic acids is 1. The molecule has 0 spiro atoms. The Labute approximate surface area is 114 Å². The first-order valence-corrected chi connectivity index (χ1v) is 5.98. The normalized spacial score (nSPS) is 14.5. The second-order valence-corrected chi connectivity index (χ2v) is 4.65. The highest BCUT2D eigenvalue weighted by atomic mass is 19.2. The molecule has 0 unspecified atom stereocenters. The average Bonchev–Trinajstić information content (AvgIpc) is 3.29. The SMILES string of the molecule is O=COc1cn(C2CC2)c2c(F)c(F)c(F)c(F)c2c1=O. The van der Waals surface area contributed by atoms with Crippen molar-refractivity contribution in [3.8, 4) is 5.75 Å². The molecule has 0 bridgehead atoms. The summed E-state index contributed by atoms with van der Waals surface area (Å²) in [4.78, 5) is 22.3. The Hall–Kier alpha value is -2.38. The Kier molecular flexibility index (Phi) is 2.96. The Bertz CT molecular complexity index is 827. The lowest BCUT2D eigenvalue weighted by atomic mass is 10.1. The van der Waals surface area contributed by atoms with Crippen molar-refractivity contribution < 1.29 is 27.1 Å². The highest BCUT2D eigenvalue weighted by molar-refractivity contribution is 5.82. The van der Waals surface area contributed by atoms with E-state index in [1.807, 2.05) is 0 Å². The standard InChI is InChI=1S/C13H7F4NO3/c14-8-7-12(11(17)10(16)9(8)15)18(5-1-2-5)3-6(13(7)20)21-4-19/h3-5H,1-2H2. The predicted octanol–water partition coefficient (Wildman–Crippen LogP) is 2.43. The fraction of sp³-hybridized carbons (Fsp3) is 0.231. The van der Waals surface area contributed by atoms with E-state index in [0.29, 0.717) is 12.8 Å². The van der Waals surface area contributed by atoms with E-state index in [4.69, 9.17) is 0 Å². The van der Waals surface area contributed by atoms with Gasteiger partial charge in [-0.2, -0.15) is 0 Å². The van der Waals surface area contributed by atoms with Gasteiger partial charge >= 0.3 is 0 Å². The zero-order valence-corrected chi connectivity index (χ0v) is 10.3.